The molecule has 1 aliphatic rings. The average molecular weight is 474 g/mol. The number of hydrogen-bond acceptors (Lipinski definition) is 7. The molecule has 1 N–H and O–H groups in total. The number of fused-ring (bicyclic) bond motifs is 1. The number of methoxy groups -OCH3 is 2. The molecule has 11 heteroatoms. The molecule has 176 valence electrons. The van der Waals surface area contributed by atoms with Crippen molar-refractivity contribution in [2.75, 3.05) is 33.6 Å². The van der Waals surface area contributed by atoms with Crippen molar-refractivity contribution in [1.29, 1.82) is 0 Å². The first kappa shape index (κ1) is 23.0. The summed E-state index contributed by atoms with van der Waals surface area (Å²) < 4.78 is 37.5. The molecule has 3 aromatic rings. The zero-order valence-electron chi connectivity index (χ0n) is 18.8. The molecule has 33 heavy (non-hydrogen) atoms. The highest BCUT2D eigenvalue weighted by molar-refractivity contribution is 7.88. The number of ether oxygens (including phenoxy) is 2. The Labute approximate surface area is 192 Å². The van der Waals surface area contributed by atoms with Crippen LogP contribution in [-0.4, -0.2) is 73.0 Å². The SMILES string of the molecule is COc1ccc(Cn2ncc3cc(C(=O)NC4CCCN(S(C)(=O)=O)C4)cnc32)c(OC)c1. The molecule has 1 amide bonds. The van der Waals surface area contributed by atoms with Crippen LogP contribution in [0, 0.1) is 0 Å². The first-order valence-electron chi connectivity index (χ1n) is 10.6. The lowest BCUT2D eigenvalue weighted by Crippen LogP contribution is -2.49. The fraction of sp³-hybridized carbons (Fsp3) is 0.409. The van der Waals surface area contributed by atoms with Crippen molar-refractivity contribution in [3.8, 4) is 11.5 Å². The maximum absolute atomic E-state index is 12.8. The maximum Gasteiger partial charge on any atom is 0.253 e. The molecule has 1 atom stereocenters. The van der Waals surface area contributed by atoms with Gasteiger partial charge in [-0.15, -0.1) is 0 Å². The molecule has 1 fully saturated rings. The number of nitrogens with one attached hydrogen (secondary N) is 1. The number of nitrogens with zero attached hydrogens (tertiary/aromatic N) is 4. The van der Waals surface area contributed by atoms with Crippen molar-refractivity contribution in [2.24, 2.45) is 0 Å². The van der Waals surface area contributed by atoms with Crippen LogP contribution in [0.1, 0.15) is 28.8 Å². The topological polar surface area (TPSA) is 116 Å². The van der Waals surface area contributed by atoms with Gasteiger partial charge in [0.2, 0.25) is 10.0 Å². The van der Waals surface area contributed by atoms with Crippen molar-refractivity contribution >= 4 is 27.0 Å². The maximum atomic E-state index is 12.8. The zero-order chi connectivity index (χ0) is 23.6. The lowest BCUT2D eigenvalue weighted by atomic mass is 10.1. The quantitative estimate of drug-likeness (QED) is 0.555. The van der Waals surface area contributed by atoms with Crippen molar-refractivity contribution in [1.82, 2.24) is 24.4 Å². The first-order chi connectivity index (χ1) is 15.8. The Kier molecular flexibility index (Phi) is 6.52. The minimum atomic E-state index is -3.28. The molecular formula is C22H27N5O5S. The van der Waals surface area contributed by atoms with E-state index in [1.165, 1.54) is 16.8 Å². The number of amides is 1. The average Bonchev–Trinajstić information content (AvgIpc) is 3.21. The molecule has 1 aromatic carbocycles. The van der Waals surface area contributed by atoms with E-state index in [1.807, 2.05) is 18.2 Å². The van der Waals surface area contributed by atoms with Crippen molar-refractivity contribution in [3.05, 3.63) is 47.8 Å². The molecule has 0 aliphatic carbocycles. The first-order valence-corrected chi connectivity index (χ1v) is 12.4. The fourth-order valence-electron chi connectivity index (χ4n) is 3.99. The molecule has 0 spiro atoms. The summed E-state index contributed by atoms with van der Waals surface area (Å²) >= 11 is 0. The highest BCUT2D eigenvalue weighted by Crippen LogP contribution is 2.26. The number of pyridine rings is 1. The van der Waals surface area contributed by atoms with Crippen LogP contribution in [0.25, 0.3) is 11.0 Å². The Bertz CT molecular complexity index is 1270. The monoisotopic (exact) mass is 473 g/mol. The second-order valence-electron chi connectivity index (χ2n) is 8.05. The lowest BCUT2D eigenvalue weighted by Gasteiger charge is -2.31. The third-order valence-electron chi connectivity index (χ3n) is 5.74. The third-order valence-corrected chi connectivity index (χ3v) is 7.01. The number of sulfonamides is 1. The lowest BCUT2D eigenvalue weighted by molar-refractivity contribution is 0.0921. The highest BCUT2D eigenvalue weighted by atomic mass is 32.2. The fourth-order valence-corrected chi connectivity index (χ4v) is 4.90. The second-order valence-corrected chi connectivity index (χ2v) is 10.0. The molecule has 10 nitrogen and oxygen atoms in total. The van der Waals surface area contributed by atoms with Crippen LogP contribution in [0.4, 0.5) is 0 Å². The molecule has 0 radical (unpaired) electrons. The number of rotatable bonds is 7. The molecule has 1 unspecified atom stereocenters. The van der Waals surface area contributed by atoms with E-state index in [1.54, 1.807) is 31.2 Å². The van der Waals surface area contributed by atoms with Gasteiger partial charge in [-0.05, 0) is 31.0 Å². The van der Waals surface area contributed by atoms with Gasteiger partial charge in [-0.25, -0.2) is 22.4 Å². The van der Waals surface area contributed by atoms with Crippen LogP contribution >= 0.6 is 0 Å². The summed E-state index contributed by atoms with van der Waals surface area (Å²) in [6.07, 6.45) is 5.81. The van der Waals surface area contributed by atoms with Gasteiger partial charge in [-0.1, -0.05) is 0 Å². The number of benzene rings is 1. The van der Waals surface area contributed by atoms with Crippen molar-refractivity contribution in [2.45, 2.75) is 25.4 Å². The Morgan fingerprint density at radius 2 is 2.03 bits per heavy atom. The smallest absolute Gasteiger partial charge is 0.253 e. The summed E-state index contributed by atoms with van der Waals surface area (Å²) in [4.78, 5) is 17.2. The third kappa shape index (κ3) is 5.09. The minimum Gasteiger partial charge on any atom is -0.497 e. The summed E-state index contributed by atoms with van der Waals surface area (Å²) in [7, 11) is -0.0759. The van der Waals surface area contributed by atoms with Crippen molar-refractivity contribution in [3.63, 3.8) is 0 Å². The Balaban J connectivity index is 1.49. The second kappa shape index (κ2) is 9.36. The summed E-state index contributed by atoms with van der Waals surface area (Å²) in [6.45, 7) is 1.21. The van der Waals surface area contributed by atoms with Gasteiger partial charge in [0, 0.05) is 42.3 Å². The van der Waals surface area contributed by atoms with Gasteiger partial charge < -0.3 is 14.8 Å². The molecule has 4 rings (SSSR count). The van der Waals surface area contributed by atoms with Crippen LogP contribution in [0.15, 0.2) is 36.7 Å². The van der Waals surface area contributed by atoms with Crippen LogP contribution in [0.3, 0.4) is 0 Å². The van der Waals surface area contributed by atoms with Gasteiger partial charge in [0.1, 0.15) is 11.5 Å². The van der Waals surface area contributed by atoms with Gasteiger partial charge in [-0.3, -0.25) is 4.79 Å². The van der Waals surface area contributed by atoms with Crippen LogP contribution in [0.2, 0.25) is 0 Å². The molecular weight excluding hydrogens is 446 g/mol. The van der Waals surface area contributed by atoms with E-state index in [0.29, 0.717) is 42.2 Å². The zero-order valence-corrected chi connectivity index (χ0v) is 19.6. The predicted molar refractivity (Wildman–Crippen MR) is 123 cm³/mol. The predicted octanol–water partition coefficient (Wildman–Crippen LogP) is 1.65. The Morgan fingerprint density at radius 1 is 1.21 bits per heavy atom. The van der Waals surface area contributed by atoms with Crippen LogP contribution in [0.5, 0.6) is 11.5 Å². The molecule has 1 aliphatic heterocycles. The summed E-state index contributed by atoms with van der Waals surface area (Å²) in [5.41, 5.74) is 1.96. The largest absolute Gasteiger partial charge is 0.497 e. The van der Waals surface area contributed by atoms with Crippen molar-refractivity contribution < 1.29 is 22.7 Å². The summed E-state index contributed by atoms with van der Waals surface area (Å²) in [5.74, 6) is 1.10. The minimum absolute atomic E-state index is 0.234. The Morgan fingerprint density at radius 3 is 2.76 bits per heavy atom. The number of carbonyl (C=O) groups is 1. The van der Waals surface area contributed by atoms with E-state index in [0.717, 1.165) is 17.4 Å². The summed E-state index contributed by atoms with van der Waals surface area (Å²) in [6, 6.07) is 7.09. The van der Waals surface area contributed by atoms with E-state index in [4.69, 9.17) is 9.47 Å². The van der Waals surface area contributed by atoms with Crippen LogP contribution < -0.4 is 14.8 Å². The van der Waals surface area contributed by atoms with E-state index in [2.05, 4.69) is 15.4 Å². The van der Waals surface area contributed by atoms with Gasteiger partial charge in [0.05, 0.1) is 38.8 Å². The van der Waals surface area contributed by atoms with E-state index in [-0.39, 0.29) is 18.5 Å². The summed E-state index contributed by atoms with van der Waals surface area (Å²) in [5, 5.41) is 8.09. The Hall–Kier alpha value is -3.18. The molecule has 1 saturated heterocycles. The van der Waals surface area contributed by atoms with Gasteiger partial charge >= 0.3 is 0 Å². The van der Waals surface area contributed by atoms with E-state index < -0.39 is 10.0 Å². The van der Waals surface area contributed by atoms with E-state index >= 15 is 0 Å². The normalized spacial score (nSPS) is 17.1. The molecule has 0 bridgehead atoms. The highest BCUT2D eigenvalue weighted by Gasteiger charge is 2.27. The number of piperidine rings is 1. The number of hydrogen-bond donors (Lipinski definition) is 1. The molecule has 2 aromatic heterocycles. The van der Waals surface area contributed by atoms with E-state index in [9.17, 15) is 13.2 Å². The van der Waals surface area contributed by atoms with Gasteiger partial charge in [-0.2, -0.15) is 5.10 Å². The van der Waals surface area contributed by atoms with Gasteiger partial charge in [0.25, 0.3) is 5.91 Å². The standard InChI is InChI=1S/C22H27N5O5S/c1-31-19-7-6-15(20(10-19)32-2)13-27-21-16(12-24-27)9-17(11-23-21)22(28)25-18-5-4-8-26(14-18)33(3,29)30/h6-7,9-12,18H,4-5,8,13-14H2,1-3H3,(H,25,28). The van der Waals surface area contributed by atoms with Crippen LogP contribution in [-0.2, 0) is 16.6 Å². The number of carbonyl (C=O) groups excluding carboxylic acids is 1. The number of aromatic nitrogens is 3. The molecule has 0 saturated carbocycles. The molecule has 3 heterocycles. The van der Waals surface area contributed by atoms with Gasteiger partial charge in [0.15, 0.2) is 5.65 Å².